The number of hydrogen-bond donors (Lipinski definition) is 2. The third-order valence-corrected chi connectivity index (χ3v) is 6.96. The lowest BCUT2D eigenvalue weighted by molar-refractivity contribution is 0.219. The van der Waals surface area contributed by atoms with Crippen LogP contribution < -0.4 is 10.2 Å². The van der Waals surface area contributed by atoms with Crippen LogP contribution >= 0.6 is 0 Å². The fraction of sp³-hybridized carbons (Fsp3) is 0.440. The van der Waals surface area contributed by atoms with Gasteiger partial charge in [-0.15, -0.1) is 10.2 Å². The second kappa shape index (κ2) is 8.35. The molecule has 0 aliphatic carbocycles. The third-order valence-electron chi connectivity index (χ3n) is 6.96. The molecular formula is C25H31N5O. The molecule has 0 radical (unpaired) electrons. The summed E-state index contributed by atoms with van der Waals surface area (Å²) < 4.78 is 0. The zero-order valence-electron chi connectivity index (χ0n) is 18.3. The van der Waals surface area contributed by atoms with Crippen molar-refractivity contribution >= 4 is 11.4 Å². The van der Waals surface area contributed by atoms with Crippen molar-refractivity contribution in [3.8, 4) is 17.0 Å². The SMILES string of the molecule is CN1C=CC(c2ccc(-c3ccc(N(C)[C@H]4C[C@H]5CCC[C@@H](C4)N5)nn3)c(O)c2)=CC1. The van der Waals surface area contributed by atoms with E-state index < -0.39 is 0 Å². The van der Waals surface area contributed by atoms with Crippen LogP contribution in [0.5, 0.6) is 5.75 Å². The third kappa shape index (κ3) is 4.17. The highest BCUT2D eigenvalue weighted by Gasteiger charge is 2.33. The zero-order chi connectivity index (χ0) is 21.4. The molecule has 3 aliphatic rings. The maximum absolute atomic E-state index is 10.7. The largest absolute Gasteiger partial charge is 0.507 e. The standard InChI is InChI=1S/C25H31N5O/c1-29-12-10-17(11-13-29)18-6-7-22(24(31)14-18)23-8-9-25(28-27-23)30(2)21-15-19-4-3-5-20(16-21)26-19/h6-12,14,19-21,26,31H,3-5,13,15-16H2,1-2H3/t19-,20+,21+. The van der Waals surface area contributed by atoms with Crippen LogP contribution in [-0.4, -0.2) is 59.0 Å². The number of aromatic hydroxyl groups is 1. The van der Waals surface area contributed by atoms with Crippen LogP contribution in [0.4, 0.5) is 5.82 Å². The minimum Gasteiger partial charge on any atom is -0.507 e. The molecule has 2 saturated heterocycles. The van der Waals surface area contributed by atoms with Crippen LogP contribution in [-0.2, 0) is 0 Å². The van der Waals surface area contributed by atoms with Crippen molar-refractivity contribution in [3.63, 3.8) is 0 Å². The average molecular weight is 418 g/mol. The molecule has 0 unspecified atom stereocenters. The Balaban J connectivity index is 1.31. The molecule has 6 heteroatoms. The molecule has 162 valence electrons. The molecular weight excluding hydrogens is 386 g/mol. The van der Waals surface area contributed by atoms with E-state index in [1.807, 2.05) is 37.4 Å². The fourth-order valence-electron chi connectivity index (χ4n) is 5.12. The lowest BCUT2D eigenvalue weighted by Gasteiger charge is -2.43. The van der Waals surface area contributed by atoms with Crippen LogP contribution in [0.1, 0.15) is 37.7 Å². The molecule has 2 aromatic rings. The molecule has 3 atom stereocenters. The number of allylic oxidation sites excluding steroid dienone is 2. The molecule has 6 nitrogen and oxygen atoms in total. The monoisotopic (exact) mass is 417 g/mol. The second-order valence-corrected chi connectivity index (χ2v) is 9.15. The number of phenolic OH excluding ortho intramolecular Hbond substituents is 1. The van der Waals surface area contributed by atoms with Crippen LogP contribution in [0.2, 0.25) is 0 Å². The molecule has 0 spiro atoms. The smallest absolute Gasteiger partial charge is 0.151 e. The van der Waals surface area contributed by atoms with Gasteiger partial charge in [0.25, 0.3) is 0 Å². The number of likely N-dealkylation sites (N-methyl/N-ethyl adjacent to an activating group) is 1. The molecule has 4 heterocycles. The highest BCUT2D eigenvalue weighted by molar-refractivity contribution is 5.79. The number of anilines is 1. The summed E-state index contributed by atoms with van der Waals surface area (Å²) in [6, 6.07) is 11.5. The van der Waals surface area contributed by atoms with E-state index in [2.05, 4.69) is 50.7 Å². The number of fused-ring (bicyclic) bond motifs is 2. The Morgan fingerprint density at radius 1 is 1.10 bits per heavy atom. The van der Waals surface area contributed by atoms with E-state index in [9.17, 15) is 5.11 Å². The number of nitrogens with zero attached hydrogens (tertiary/aromatic N) is 4. The van der Waals surface area contributed by atoms with Gasteiger partial charge in [-0.2, -0.15) is 0 Å². The van der Waals surface area contributed by atoms with Crippen LogP contribution in [0.3, 0.4) is 0 Å². The molecule has 1 aromatic heterocycles. The maximum atomic E-state index is 10.7. The van der Waals surface area contributed by atoms with E-state index in [1.165, 1.54) is 32.1 Å². The first-order chi connectivity index (χ1) is 15.1. The van der Waals surface area contributed by atoms with Crippen molar-refractivity contribution in [3.05, 3.63) is 54.2 Å². The lowest BCUT2D eigenvalue weighted by atomic mass is 9.83. The Kier molecular flexibility index (Phi) is 5.40. The predicted molar refractivity (Wildman–Crippen MR) is 125 cm³/mol. The number of aromatic nitrogens is 2. The average Bonchev–Trinajstić information content (AvgIpc) is 2.79. The minimum absolute atomic E-state index is 0.229. The van der Waals surface area contributed by atoms with Crippen LogP contribution in [0.25, 0.3) is 16.8 Å². The first-order valence-corrected chi connectivity index (χ1v) is 11.3. The van der Waals surface area contributed by atoms with Gasteiger partial charge in [0.05, 0.1) is 5.69 Å². The van der Waals surface area contributed by atoms with Crippen molar-refractivity contribution in [2.24, 2.45) is 0 Å². The van der Waals surface area contributed by atoms with Crippen molar-refractivity contribution in [1.29, 1.82) is 0 Å². The van der Waals surface area contributed by atoms with E-state index in [1.54, 1.807) is 0 Å². The predicted octanol–water partition coefficient (Wildman–Crippen LogP) is 3.80. The molecule has 31 heavy (non-hydrogen) atoms. The number of piperidine rings is 2. The quantitative estimate of drug-likeness (QED) is 0.789. The molecule has 3 aliphatic heterocycles. The maximum Gasteiger partial charge on any atom is 0.151 e. The van der Waals surface area contributed by atoms with E-state index in [4.69, 9.17) is 0 Å². The van der Waals surface area contributed by atoms with Gasteiger partial charge in [0.2, 0.25) is 0 Å². The topological polar surface area (TPSA) is 64.5 Å². The molecule has 2 fully saturated rings. The second-order valence-electron chi connectivity index (χ2n) is 9.15. The number of benzene rings is 1. The Labute approximate surface area is 184 Å². The van der Waals surface area contributed by atoms with Crippen molar-refractivity contribution in [2.45, 2.75) is 50.2 Å². The summed E-state index contributed by atoms with van der Waals surface area (Å²) in [5.74, 6) is 1.12. The number of hydrogen-bond acceptors (Lipinski definition) is 6. The van der Waals surface area contributed by atoms with Crippen molar-refractivity contribution in [1.82, 2.24) is 20.4 Å². The highest BCUT2D eigenvalue weighted by atomic mass is 16.3. The normalized spacial score (nSPS) is 25.3. The Morgan fingerprint density at radius 3 is 2.55 bits per heavy atom. The molecule has 1 aromatic carbocycles. The van der Waals surface area contributed by atoms with E-state index in [-0.39, 0.29) is 5.75 Å². The summed E-state index contributed by atoms with van der Waals surface area (Å²) in [4.78, 5) is 4.40. The van der Waals surface area contributed by atoms with Gasteiger partial charge in [-0.3, -0.25) is 0 Å². The molecule has 5 rings (SSSR count). The van der Waals surface area contributed by atoms with Gasteiger partial charge in [0.1, 0.15) is 5.75 Å². The molecule has 2 bridgehead atoms. The van der Waals surface area contributed by atoms with Gasteiger partial charge in [0, 0.05) is 44.3 Å². The van der Waals surface area contributed by atoms with Crippen molar-refractivity contribution in [2.75, 3.05) is 25.5 Å². The molecule has 0 saturated carbocycles. The van der Waals surface area contributed by atoms with E-state index in [0.717, 1.165) is 23.5 Å². The first-order valence-electron chi connectivity index (χ1n) is 11.3. The summed E-state index contributed by atoms with van der Waals surface area (Å²) >= 11 is 0. The van der Waals surface area contributed by atoms with Gasteiger partial charge in [-0.05, 0) is 73.4 Å². The highest BCUT2D eigenvalue weighted by Crippen LogP contribution is 2.33. The molecule has 0 amide bonds. The van der Waals surface area contributed by atoms with Crippen molar-refractivity contribution < 1.29 is 5.11 Å². The van der Waals surface area contributed by atoms with Gasteiger partial charge in [-0.1, -0.05) is 18.6 Å². The van der Waals surface area contributed by atoms with Gasteiger partial charge < -0.3 is 20.2 Å². The Hall–Kier alpha value is -2.86. The number of phenols is 1. The van der Waals surface area contributed by atoms with Gasteiger partial charge >= 0.3 is 0 Å². The van der Waals surface area contributed by atoms with Crippen LogP contribution in [0, 0.1) is 0 Å². The summed E-state index contributed by atoms with van der Waals surface area (Å²) in [5.41, 5.74) is 3.52. The minimum atomic E-state index is 0.229. The first kappa shape index (κ1) is 20.1. The zero-order valence-corrected chi connectivity index (χ0v) is 18.3. The Bertz CT molecular complexity index is 987. The van der Waals surface area contributed by atoms with E-state index >= 15 is 0 Å². The molecule has 2 N–H and O–H groups in total. The Morgan fingerprint density at radius 2 is 1.90 bits per heavy atom. The lowest BCUT2D eigenvalue weighted by Crippen LogP contribution is -2.54. The summed E-state index contributed by atoms with van der Waals surface area (Å²) in [6.07, 6.45) is 12.5. The summed E-state index contributed by atoms with van der Waals surface area (Å²) in [7, 11) is 4.17. The van der Waals surface area contributed by atoms with Gasteiger partial charge in [-0.25, -0.2) is 0 Å². The number of nitrogens with one attached hydrogen (secondary N) is 1. The summed E-state index contributed by atoms with van der Waals surface area (Å²) in [6.45, 7) is 0.868. The fourth-order valence-corrected chi connectivity index (χ4v) is 5.12. The van der Waals surface area contributed by atoms with Gasteiger partial charge in [0.15, 0.2) is 5.82 Å². The summed E-state index contributed by atoms with van der Waals surface area (Å²) in [5, 5.41) is 23.4. The van der Waals surface area contributed by atoms with E-state index in [0.29, 0.717) is 29.4 Å². The number of rotatable bonds is 4. The van der Waals surface area contributed by atoms with Crippen LogP contribution in [0.15, 0.2) is 48.7 Å².